The third kappa shape index (κ3) is 2.31. The Bertz CT molecular complexity index is 447. The number of rotatable bonds is 5. The van der Waals surface area contributed by atoms with Crippen molar-refractivity contribution in [1.29, 1.82) is 0 Å². The number of nitrogens with one attached hydrogen (secondary N) is 1. The molecule has 0 aromatic heterocycles. The van der Waals surface area contributed by atoms with Crippen molar-refractivity contribution in [1.82, 2.24) is 5.32 Å². The lowest BCUT2D eigenvalue weighted by Gasteiger charge is -2.19. The Morgan fingerprint density at radius 2 is 2.17 bits per heavy atom. The topological polar surface area (TPSA) is 38.3 Å². The van der Waals surface area contributed by atoms with E-state index >= 15 is 0 Å². The summed E-state index contributed by atoms with van der Waals surface area (Å²) in [5, 5.41) is 3.70. The first-order valence-electron chi connectivity index (χ1n) is 6.54. The highest BCUT2D eigenvalue weighted by molar-refractivity contribution is 7.86. The summed E-state index contributed by atoms with van der Waals surface area (Å²) in [5.74, 6) is 0.839. The van der Waals surface area contributed by atoms with Crippen molar-refractivity contribution < 1.29 is 8.95 Å². The predicted molar refractivity (Wildman–Crippen MR) is 74.5 cm³/mol. The molecule has 0 aliphatic carbocycles. The van der Waals surface area contributed by atoms with Gasteiger partial charge in [-0.25, -0.2) is 0 Å². The maximum absolute atomic E-state index is 12.4. The van der Waals surface area contributed by atoms with Gasteiger partial charge in [0.05, 0.1) is 23.2 Å². The third-order valence-corrected chi connectivity index (χ3v) is 5.39. The molecule has 1 aliphatic heterocycles. The molecule has 3 atom stereocenters. The van der Waals surface area contributed by atoms with E-state index in [0.717, 1.165) is 35.6 Å². The van der Waals surface area contributed by atoms with Crippen LogP contribution in [-0.4, -0.2) is 23.1 Å². The molecule has 0 fully saturated rings. The van der Waals surface area contributed by atoms with Crippen molar-refractivity contribution in [2.75, 3.05) is 13.7 Å². The molecule has 4 heteroatoms. The monoisotopic (exact) mass is 267 g/mol. The van der Waals surface area contributed by atoms with Crippen LogP contribution >= 0.6 is 0 Å². The quantitative estimate of drug-likeness (QED) is 0.891. The number of methoxy groups -OCH3 is 1. The van der Waals surface area contributed by atoms with E-state index in [-0.39, 0.29) is 11.3 Å². The summed E-state index contributed by atoms with van der Waals surface area (Å²) >= 11 is 0. The normalized spacial score (nSPS) is 26.1. The summed E-state index contributed by atoms with van der Waals surface area (Å²) < 4.78 is 17.7. The Morgan fingerprint density at radius 1 is 1.39 bits per heavy atom. The lowest BCUT2D eigenvalue weighted by molar-refractivity contribution is 0.412. The number of ether oxygens (including phenoxy) is 1. The summed E-state index contributed by atoms with van der Waals surface area (Å²) in [4.78, 5) is 0.969. The van der Waals surface area contributed by atoms with Crippen LogP contribution in [0.5, 0.6) is 5.75 Å². The van der Waals surface area contributed by atoms with E-state index in [9.17, 15) is 4.21 Å². The van der Waals surface area contributed by atoms with Crippen LogP contribution in [0.3, 0.4) is 0 Å². The van der Waals surface area contributed by atoms with Gasteiger partial charge in [-0.2, -0.15) is 0 Å². The Balaban J connectivity index is 2.37. The lowest BCUT2D eigenvalue weighted by Crippen LogP contribution is -2.30. The molecule has 0 radical (unpaired) electrons. The zero-order chi connectivity index (χ0) is 13.1. The SMILES string of the molecule is CCCNC1c2cc(OC)ccc2S(=O)C1CC. The fourth-order valence-corrected chi connectivity index (χ4v) is 4.23. The van der Waals surface area contributed by atoms with Crippen LogP contribution < -0.4 is 10.1 Å². The molecule has 2 rings (SSSR count). The summed E-state index contributed by atoms with van der Waals surface area (Å²) in [7, 11) is 0.769. The highest BCUT2D eigenvalue weighted by Crippen LogP contribution is 2.39. The molecule has 0 saturated carbocycles. The van der Waals surface area contributed by atoms with Crippen LogP contribution in [0.4, 0.5) is 0 Å². The minimum Gasteiger partial charge on any atom is -0.497 e. The van der Waals surface area contributed by atoms with E-state index in [1.54, 1.807) is 7.11 Å². The molecule has 1 heterocycles. The summed E-state index contributed by atoms with van der Waals surface area (Å²) in [6.45, 7) is 5.20. The third-order valence-electron chi connectivity index (χ3n) is 3.43. The van der Waals surface area contributed by atoms with E-state index in [1.165, 1.54) is 0 Å². The van der Waals surface area contributed by atoms with Gasteiger partial charge in [0, 0.05) is 10.9 Å². The Hall–Kier alpha value is -0.870. The predicted octanol–water partition coefficient (Wildman–Crippen LogP) is 2.64. The van der Waals surface area contributed by atoms with Gasteiger partial charge in [-0.05, 0) is 43.1 Å². The standard InChI is InChI=1S/C14H21NO2S/c1-4-8-15-14-11-9-10(17-3)6-7-13(11)18(16)12(14)5-2/h6-7,9,12,14-15H,4-5,8H2,1-3H3. The first-order chi connectivity index (χ1) is 8.72. The molecular weight excluding hydrogens is 246 g/mol. The van der Waals surface area contributed by atoms with Crippen LogP contribution in [0.25, 0.3) is 0 Å². The smallest absolute Gasteiger partial charge is 0.119 e. The van der Waals surface area contributed by atoms with Gasteiger partial charge in [0.1, 0.15) is 5.75 Å². The molecule has 1 aliphatic rings. The van der Waals surface area contributed by atoms with Gasteiger partial charge in [-0.1, -0.05) is 13.8 Å². The molecule has 0 bridgehead atoms. The second-order valence-electron chi connectivity index (χ2n) is 4.58. The second-order valence-corrected chi connectivity index (χ2v) is 6.22. The van der Waals surface area contributed by atoms with E-state index in [1.807, 2.05) is 18.2 Å². The number of benzene rings is 1. The van der Waals surface area contributed by atoms with E-state index in [2.05, 4.69) is 19.2 Å². The molecule has 100 valence electrons. The Morgan fingerprint density at radius 3 is 2.78 bits per heavy atom. The maximum Gasteiger partial charge on any atom is 0.119 e. The van der Waals surface area contributed by atoms with E-state index < -0.39 is 10.8 Å². The molecule has 0 spiro atoms. The minimum absolute atomic E-state index is 0.179. The van der Waals surface area contributed by atoms with Gasteiger partial charge >= 0.3 is 0 Å². The molecule has 3 unspecified atom stereocenters. The average Bonchev–Trinajstić information content (AvgIpc) is 2.68. The van der Waals surface area contributed by atoms with Crippen molar-refractivity contribution in [2.24, 2.45) is 0 Å². The van der Waals surface area contributed by atoms with Crippen molar-refractivity contribution in [3.63, 3.8) is 0 Å². The van der Waals surface area contributed by atoms with Crippen LogP contribution in [0.15, 0.2) is 23.1 Å². The molecule has 1 aromatic carbocycles. The van der Waals surface area contributed by atoms with E-state index in [0.29, 0.717) is 0 Å². The van der Waals surface area contributed by atoms with Gasteiger partial charge < -0.3 is 10.1 Å². The van der Waals surface area contributed by atoms with Gasteiger partial charge in [-0.3, -0.25) is 4.21 Å². The summed E-state index contributed by atoms with van der Waals surface area (Å²) in [5.41, 5.74) is 1.15. The van der Waals surface area contributed by atoms with E-state index in [4.69, 9.17) is 4.74 Å². The number of hydrogen-bond donors (Lipinski definition) is 1. The van der Waals surface area contributed by atoms with Crippen molar-refractivity contribution in [3.8, 4) is 5.75 Å². The van der Waals surface area contributed by atoms with Crippen LogP contribution in [-0.2, 0) is 10.8 Å². The van der Waals surface area contributed by atoms with Crippen LogP contribution in [0, 0.1) is 0 Å². The molecule has 3 nitrogen and oxygen atoms in total. The fraction of sp³-hybridized carbons (Fsp3) is 0.571. The largest absolute Gasteiger partial charge is 0.497 e. The number of hydrogen-bond acceptors (Lipinski definition) is 3. The van der Waals surface area contributed by atoms with Crippen LogP contribution in [0.2, 0.25) is 0 Å². The van der Waals surface area contributed by atoms with Crippen molar-refractivity contribution in [3.05, 3.63) is 23.8 Å². The highest BCUT2D eigenvalue weighted by atomic mass is 32.2. The molecular formula is C14H21NO2S. The second kappa shape index (κ2) is 5.85. The molecule has 0 amide bonds. The summed E-state index contributed by atoms with van der Waals surface area (Å²) in [6, 6.07) is 6.06. The Kier molecular flexibility index (Phi) is 4.40. The lowest BCUT2D eigenvalue weighted by atomic mass is 10.0. The fourth-order valence-electron chi connectivity index (χ4n) is 2.50. The summed E-state index contributed by atoms with van der Waals surface area (Å²) in [6.07, 6.45) is 2.00. The average molecular weight is 267 g/mol. The highest BCUT2D eigenvalue weighted by Gasteiger charge is 2.37. The minimum atomic E-state index is -0.897. The first kappa shape index (κ1) is 13.6. The van der Waals surface area contributed by atoms with Crippen molar-refractivity contribution >= 4 is 10.8 Å². The van der Waals surface area contributed by atoms with Gasteiger partial charge in [0.15, 0.2) is 0 Å². The van der Waals surface area contributed by atoms with Crippen LogP contribution in [0.1, 0.15) is 38.3 Å². The van der Waals surface area contributed by atoms with Gasteiger partial charge in [0.2, 0.25) is 0 Å². The first-order valence-corrected chi connectivity index (χ1v) is 7.76. The van der Waals surface area contributed by atoms with Crippen molar-refractivity contribution in [2.45, 2.75) is 42.9 Å². The maximum atomic E-state index is 12.4. The zero-order valence-corrected chi connectivity index (χ0v) is 12.0. The molecule has 0 saturated heterocycles. The Labute approximate surface area is 111 Å². The zero-order valence-electron chi connectivity index (χ0n) is 11.2. The molecule has 18 heavy (non-hydrogen) atoms. The molecule has 1 aromatic rings. The number of fused-ring (bicyclic) bond motifs is 1. The molecule has 1 N–H and O–H groups in total. The van der Waals surface area contributed by atoms with Gasteiger partial charge in [0.25, 0.3) is 0 Å². The van der Waals surface area contributed by atoms with Gasteiger partial charge in [-0.15, -0.1) is 0 Å².